The first-order valence-corrected chi connectivity index (χ1v) is 9.19. The Kier molecular flexibility index (Phi) is 5.25. The zero-order valence-corrected chi connectivity index (χ0v) is 16.1. The monoisotopic (exact) mass is 371 g/mol. The molecule has 144 valence electrons. The molecule has 0 radical (unpaired) electrons. The summed E-state index contributed by atoms with van der Waals surface area (Å²) in [5.74, 6) is -0.200. The van der Waals surface area contributed by atoms with Crippen LogP contribution in [-0.2, 0) is 0 Å². The maximum absolute atomic E-state index is 13.0. The molecular formula is C19H25N5O3. The quantitative estimate of drug-likeness (QED) is 0.886. The highest BCUT2D eigenvalue weighted by Crippen LogP contribution is 2.26. The van der Waals surface area contributed by atoms with Crippen LogP contribution in [0.3, 0.4) is 0 Å². The summed E-state index contributed by atoms with van der Waals surface area (Å²) in [5.41, 5.74) is 2.23. The maximum Gasteiger partial charge on any atom is 0.339 e. The van der Waals surface area contributed by atoms with Crippen molar-refractivity contribution >= 4 is 11.9 Å². The van der Waals surface area contributed by atoms with Gasteiger partial charge in [0.1, 0.15) is 11.4 Å². The van der Waals surface area contributed by atoms with Gasteiger partial charge in [-0.15, -0.1) is 0 Å². The van der Waals surface area contributed by atoms with Crippen LogP contribution in [0, 0.1) is 13.8 Å². The average Bonchev–Trinajstić information content (AvgIpc) is 3.03. The van der Waals surface area contributed by atoms with Gasteiger partial charge < -0.3 is 10.0 Å². The highest BCUT2D eigenvalue weighted by atomic mass is 16.4. The molecule has 2 aromatic rings. The number of piperidine rings is 1. The molecule has 3 heterocycles. The molecule has 1 aliphatic rings. The van der Waals surface area contributed by atoms with Crippen molar-refractivity contribution in [3.63, 3.8) is 0 Å². The largest absolute Gasteiger partial charge is 0.478 e. The van der Waals surface area contributed by atoms with E-state index in [-0.39, 0.29) is 23.4 Å². The van der Waals surface area contributed by atoms with Crippen molar-refractivity contribution in [3.05, 3.63) is 40.7 Å². The summed E-state index contributed by atoms with van der Waals surface area (Å²) in [7, 11) is 0. The maximum atomic E-state index is 13.0. The molecular weight excluding hydrogens is 346 g/mol. The van der Waals surface area contributed by atoms with Gasteiger partial charge in [0, 0.05) is 19.3 Å². The Bertz CT molecular complexity index is 866. The number of carboxylic acids is 1. The number of amides is 1. The number of hydrogen-bond acceptors (Lipinski definition) is 5. The molecule has 0 unspecified atom stereocenters. The molecule has 27 heavy (non-hydrogen) atoms. The third-order valence-corrected chi connectivity index (χ3v) is 5.09. The number of carbonyl (C=O) groups excluding carboxylic acids is 1. The lowest BCUT2D eigenvalue weighted by molar-refractivity contribution is 0.0685. The van der Waals surface area contributed by atoms with E-state index in [1.807, 2.05) is 25.7 Å². The summed E-state index contributed by atoms with van der Waals surface area (Å²) in [4.78, 5) is 34.7. The standard InChI is InChI=1S/C19H25N5O3/c1-11(2)17-16(9-20-13(4)22-17)18(25)23-7-5-14(6-8-23)24-12(3)15(10-21-24)19(26)27/h9-11,14H,5-8H2,1-4H3,(H,26,27). The summed E-state index contributed by atoms with van der Waals surface area (Å²) in [6, 6.07) is 0.0981. The number of likely N-dealkylation sites (tertiary alicyclic amines) is 1. The molecule has 1 amide bonds. The van der Waals surface area contributed by atoms with Crippen molar-refractivity contribution in [2.45, 2.75) is 52.5 Å². The zero-order chi connectivity index (χ0) is 19.7. The highest BCUT2D eigenvalue weighted by Gasteiger charge is 2.29. The fourth-order valence-corrected chi connectivity index (χ4v) is 3.58. The number of hydrogen-bond donors (Lipinski definition) is 1. The van der Waals surface area contributed by atoms with Gasteiger partial charge in [0.15, 0.2) is 0 Å². The number of carbonyl (C=O) groups is 2. The summed E-state index contributed by atoms with van der Waals surface area (Å²) < 4.78 is 1.78. The van der Waals surface area contributed by atoms with E-state index < -0.39 is 5.97 Å². The number of carboxylic acid groups (broad SMARTS) is 1. The first-order chi connectivity index (χ1) is 12.8. The lowest BCUT2D eigenvalue weighted by atomic mass is 10.0. The van der Waals surface area contributed by atoms with Crippen LogP contribution in [0.15, 0.2) is 12.4 Å². The number of aromatic nitrogens is 4. The average molecular weight is 371 g/mol. The van der Waals surface area contributed by atoms with E-state index in [1.54, 1.807) is 17.8 Å². The molecule has 1 aliphatic heterocycles. The molecule has 0 aromatic carbocycles. The molecule has 0 atom stereocenters. The van der Waals surface area contributed by atoms with Gasteiger partial charge in [0.2, 0.25) is 0 Å². The van der Waals surface area contributed by atoms with Crippen LogP contribution in [-0.4, -0.2) is 54.7 Å². The Morgan fingerprint density at radius 2 is 1.81 bits per heavy atom. The minimum Gasteiger partial charge on any atom is -0.478 e. The molecule has 8 nitrogen and oxygen atoms in total. The van der Waals surface area contributed by atoms with Crippen molar-refractivity contribution < 1.29 is 14.7 Å². The van der Waals surface area contributed by atoms with E-state index in [9.17, 15) is 14.7 Å². The summed E-state index contributed by atoms with van der Waals surface area (Å²) in [6.07, 6.45) is 4.49. The van der Waals surface area contributed by atoms with Crippen molar-refractivity contribution in [1.82, 2.24) is 24.6 Å². The van der Waals surface area contributed by atoms with Gasteiger partial charge in [-0.05, 0) is 32.6 Å². The summed E-state index contributed by atoms with van der Waals surface area (Å²) >= 11 is 0. The van der Waals surface area contributed by atoms with Gasteiger partial charge in [-0.25, -0.2) is 14.8 Å². The Morgan fingerprint density at radius 3 is 2.37 bits per heavy atom. The molecule has 1 fully saturated rings. The number of nitrogens with zero attached hydrogens (tertiary/aromatic N) is 5. The molecule has 0 saturated carbocycles. The first kappa shape index (κ1) is 19.0. The van der Waals surface area contributed by atoms with E-state index in [1.165, 1.54) is 6.20 Å². The van der Waals surface area contributed by atoms with Crippen LogP contribution in [0.4, 0.5) is 0 Å². The third kappa shape index (κ3) is 3.70. The molecule has 3 rings (SSSR count). The molecule has 0 aliphatic carbocycles. The summed E-state index contributed by atoms with van der Waals surface area (Å²) in [6.45, 7) is 8.82. The van der Waals surface area contributed by atoms with Crippen LogP contribution in [0.2, 0.25) is 0 Å². The predicted octanol–water partition coefficient (Wildman–Crippen LogP) is 2.59. The van der Waals surface area contributed by atoms with Gasteiger partial charge >= 0.3 is 5.97 Å². The van der Waals surface area contributed by atoms with E-state index in [0.717, 1.165) is 18.5 Å². The van der Waals surface area contributed by atoms with Crippen molar-refractivity contribution in [2.75, 3.05) is 13.1 Å². The van der Waals surface area contributed by atoms with Crippen LogP contribution < -0.4 is 0 Å². The zero-order valence-electron chi connectivity index (χ0n) is 16.1. The molecule has 8 heteroatoms. The minimum atomic E-state index is -0.966. The van der Waals surface area contributed by atoms with Crippen LogP contribution in [0.5, 0.6) is 0 Å². The first-order valence-electron chi connectivity index (χ1n) is 9.19. The molecule has 0 bridgehead atoms. The van der Waals surface area contributed by atoms with Crippen LogP contribution in [0.25, 0.3) is 0 Å². The van der Waals surface area contributed by atoms with Crippen molar-refractivity contribution in [2.24, 2.45) is 0 Å². The van der Waals surface area contributed by atoms with Crippen LogP contribution >= 0.6 is 0 Å². The second-order valence-electron chi connectivity index (χ2n) is 7.29. The smallest absolute Gasteiger partial charge is 0.339 e. The normalized spacial score (nSPS) is 15.4. The van der Waals surface area contributed by atoms with Gasteiger partial charge in [-0.3, -0.25) is 9.48 Å². The summed E-state index contributed by atoms with van der Waals surface area (Å²) in [5, 5.41) is 13.4. The molecule has 2 aromatic heterocycles. The van der Waals surface area contributed by atoms with Crippen LogP contribution in [0.1, 0.15) is 76.6 Å². The van der Waals surface area contributed by atoms with Gasteiger partial charge in [-0.2, -0.15) is 5.10 Å². The molecule has 1 N–H and O–H groups in total. The van der Waals surface area contributed by atoms with Gasteiger partial charge in [-0.1, -0.05) is 13.8 Å². The number of aryl methyl sites for hydroxylation is 1. The van der Waals surface area contributed by atoms with E-state index in [4.69, 9.17) is 0 Å². The topological polar surface area (TPSA) is 101 Å². The van der Waals surface area contributed by atoms with E-state index >= 15 is 0 Å². The SMILES string of the molecule is Cc1ncc(C(=O)N2CCC(n3ncc(C(=O)O)c3C)CC2)c(C(C)C)n1. The molecule has 0 spiro atoms. The van der Waals surface area contributed by atoms with Gasteiger partial charge in [0.25, 0.3) is 5.91 Å². The minimum absolute atomic E-state index is 0.0411. The lowest BCUT2D eigenvalue weighted by Gasteiger charge is -2.33. The predicted molar refractivity (Wildman–Crippen MR) is 99.0 cm³/mol. The van der Waals surface area contributed by atoms with E-state index in [2.05, 4.69) is 15.1 Å². The number of rotatable bonds is 4. The van der Waals surface area contributed by atoms with Gasteiger partial charge in [0.05, 0.1) is 29.2 Å². The second-order valence-corrected chi connectivity index (χ2v) is 7.29. The highest BCUT2D eigenvalue weighted by molar-refractivity contribution is 5.95. The van der Waals surface area contributed by atoms with E-state index in [0.29, 0.717) is 30.2 Å². The number of aromatic carboxylic acids is 1. The molecule has 1 saturated heterocycles. The lowest BCUT2D eigenvalue weighted by Crippen LogP contribution is -2.40. The third-order valence-electron chi connectivity index (χ3n) is 5.09. The van der Waals surface area contributed by atoms with Crippen molar-refractivity contribution in [1.29, 1.82) is 0 Å². The fourth-order valence-electron chi connectivity index (χ4n) is 3.58. The Morgan fingerprint density at radius 1 is 1.15 bits per heavy atom. The second kappa shape index (κ2) is 7.46. The Labute approximate surface area is 158 Å². The fraction of sp³-hybridized carbons (Fsp3) is 0.526. The van der Waals surface area contributed by atoms with Crippen molar-refractivity contribution in [3.8, 4) is 0 Å². The Hall–Kier alpha value is -2.77. The Balaban J connectivity index is 1.73.